The normalized spacial score (nSPS) is 14.7. The van der Waals surface area contributed by atoms with Crippen molar-refractivity contribution in [3.05, 3.63) is 175 Å². The summed E-state index contributed by atoms with van der Waals surface area (Å²) in [4.78, 5) is 28.2. The van der Waals surface area contributed by atoms with E-state index in [0.717, 1.165) is 44.5 Å². The number of anilines is 3. The molecule has 0 heterocycles. The lowest BCUT2D eigenvalue weighted by Gasteiger charge is -2.26. The Labute approximate surface area is 253 Å². The molecule has 210 valence electrons. The summed E-state index contributed by atoms with van der Waals surface area (Å²) in [5, 5.41) is 2.05. The van der Waals surface area contributed by atoms with Crippen LogP contribution in [-0.4, -0.2) is 11.6 Å². The van der Waals surface area contributed by atoms with E-state index in [1.54, 1.807) is 24.3 Å². The highest BCUT2D eigenvalue weighted by molar-refractivity contribution is 6.41. The van der Waals surface area contributed by atoms with Crippen LogP contribution in [0.5, 0.6) is 0 Å². The molecule has 1 aliphatic rings. The van der Waals surface area contributed by atoms with Gasteiger partial charge < -0.3 is 4.90 Å². The van der Waals surface area contributed by atoms with E-state index in [2.05, 4.69) is 98.3 Å². The van der Waals surface area contributed by atoms with E-state index in [1.807, 2.05) is 37.3 Å². The van der Waals surface area contributed by atoms with Crippen LogP contribution in [0.3, 0.4) is 0 Å². The maximum atomic E-state index is 13.0. The van der Waals surface area contributed by atoms with Crippen LogP contribution in [-0.2, 0) is 9.59 Å². The van der Waals surface area contributed by atoms with Gasteiger partial charge in [0.25, 0.3) is 0 Å². The molecule has 4 aromatic rings. The second-order valence-corrected chi connectivity index (χ2v) is 10.3. The van der Waals surface area contributed by atoms with Gasteiger partial charge in [0.05, 0.1) is 5.57 Å². The zero-order valence-corrected chi connectivity index (χ0v) is 24.5. The fourth-order valence-electron chi connectivity index (χ4n) is 5.30. The fraction of sp³-hybridized carbons (Fsp3) is 0.0500. The van der Waals surface area contributed by atoms with Crippen LogP contribution >= 0.6 is 0 Å². The Morgan fingerprint density at radius 1 is 0.721 bits per heavy atom. The molecular weight excluding hydrogens is 526 g/mol. The number of carbonyl (C=O) groups excluding carboxylic acids is 2. The zero-order valence-electron chi connectivity index (χ0n) is 24.5. The molecule has 3 nitrogen and oxygen atoms in total. The third-order valence-electron chi connectivity index (χ3n) is 7.49. The molecule has 0 radical (unpaired) electrons. The Morgan fingerprint density at radius 3 is 1.95 bits per heavy atom. The van der Waals surface area contributed by atoms with Crippen molar-refractivity contribution in [3.8, 4) is 0 Å². The first-order valence-electron chi connectivity index (χ1n) is 14.1. The van der Waals surface area contributed by atoms with Gasteiger partial charge >= 0.3 is 0 Å². The lowest BCUT2D eigenvalue weighted by molar-refractivity contribution is -0.115. The van der Waals surface area contributed by atoms with E-state index in [0.29, 0.717) is 11.1 Å². The summed E-state index contributed by atoms with van der Waals surface area (Å²) in [5.41, 5.74) is 8.04. The topological polar surface area (TPSA) is 37.4 Å². The van der Waals surface area contributed by atoms with Gasteiger partial charge in [-0.2, -0.15) is 0 Å². The van der Waals surface area contributed by atoms with Gasteiger partial charge in [-0.05, 0) is 89.9 Å². The van der Waals surface area contributed by atoms with Crippen molar-refractivity contribution in [2.24, 2.45) is 0 Å². The maximum Gasteiger partial charge on any atom is 0.197 e. The molecule has 0 unspecified atom stereocenters. The average Bonchev–Trinajstić information content (AvgIpc) is 3.25. The van der Waals surface area contributed by atoms with Gasteiger partial charge in [0.15, 0.2) is 11.6 Å². The molecular formula is C40H33NO2. The number of ketones is 2. The van der Waals surface area contributed by atoms with Crippen LogP contribution in [0, 0.1) is 6.92 Å². The molecule has 0 N–H and O–H groups in total. The summed E-state index contributed by atoms with van der Waals surface area (Å²) >= 11 is 0. The van der Waals surface area contributed by atoms with Crippen LogP contribution in [0.25, 0.3) is 22.4 Å². The maximum absolute atomic E-state index is 13.0. The monoisotopic (exact) mass is 559 g/mol. The van der Waals surface area contributed by atoms with Gasteiger partial charge in [-0.3, -0.25) is 9.59 Å². The lowest BCUT2D eigenvalue weighted by Crippen LogP contribution is -2.10. The summed E-state index contributed by atoms with van der Waals surface area (Å²) in [6, 6.07) is 29.2. The van der Waals surface area contributed by atoms with Gasteiger partial charge in [-0.1, -0.05) is 104 Å². The SMILES string of the molecule is C=C/C=C(\C=C)c1ccc(N(c2ccc(C)cc2)c2ccc3cc(C=C4C(=O)C(C=C)=C(/C=C\C)C4=O)ccc3c2)cc1. The molecule has 1 aliphatic carbocycles. The molecule has 4 aromatic carbocycles. The molecule has 0 atom stereocenters. The number of nitrogens with zero attached hydrogens (tertiary/aromatic N) is 1. The van der Waals surface area contributed by atoms with Crippen LogP contribution < -0.4 is 4.90 Å². The minimum atomic E-state index is -0.288. The zero-order chi connectivity index (χ0) is 30.5. The Balaban J connectivity index is 1.53. The molecule has 3 heteroatoms. The van der Waals surface area contributed by atoms with Crippen LogP contribution in [0.4, 0.5) is 17.1 Å². The second kappa shape index (κ2) is 12.5. The van der Waals surface area contributed by atoms with Gasteiger partial charge in [0.2, 0.25) is 0 Å². The van der Waals surface area contributed by atoms with Crippen LogP contribution in [0.15, 0.2) is 158 Å². The standard InChI is InChI=1S/C40H33NO2/c1-6-10-29(8-3)30-16-21-34(22-17-30)41(33-19-12-27(5)13-20-33)35-23-18-31-24-28(14-15-32(31)26-35)25-38-39(42)36(9-4)37(11-7-2)40(38)43/h6-26H,1,3-4H2,2,5H3/b11-7-,29-10+,38-25?. The highest BCUT2D eigenvalue weighted by atomic mass is 16.2. The first-order chi connectivity index (χ1) is 20.9. The second-order valence-electron chi connectivity index (χ2n) is 10.3. The quantitative estimate of drug-likeness (QED) is 0.116. The van der Waals surface area contributed by atoms with Gasteiger partial charge in [-0.15, -0.1) is 0 Å². The van der Waals surface area contributed by atoms with Crippen LogP contribution in [0.2, 0.25) is 0 Å². The van der Waals surface area contributed by atoms with E-state index < -0.39 is 0 Å². The number of aryl methyl sites for hydroxylation is 1. The van der Waals surface area contributed by atoms with Crippen molar-refractivity contribution in [2.75, 3.05) is 4.90 Å². The summed E-state index contributed by atoms with van der Waals surface area (Å²) in [7, 11) is 0. The minimum absolute atomic E-state index is 0.163. The number of hydrogen-bond acceptors (Lipinski definition) is 3. The van der Waals surface area contributed by atoms with Gasteiger partial charge in [0, 0.05) is 28.2 Å². The third-order valence-corrected chi connectivity index (χ3v) is 7.49. The summed E-state index contributed by atoms with van der Waals surface area (Å²) in [6.45, 7) is 15.4. The number of fused-ring (bicyclic) bond motifs is 1. The molecule has 0 spiro atoms. The number of benzene rings is 4. The predicted octanol–water partition coefficient (Wildman–Crippen LogP) is 9.97. The first-order valence-corrected chi connectivity index (χ1v) is 14.1. The number of hydrogen-bond donors (Lipinski definition) is 0. The smallest absolute Gasteiger partial charge is 0.197 e. The minimum Gasteiger partial charge on any atom is -0.310 e. The van der Waals surface area contributed by atoms with Crippen molar-refractivity contribution < 1.29 is 9.59 Å². The number of carbonyl (C=O) groups is 2. The molecule has 5 rings (SSSR count). The Morgan fingerprint density at radius 2 is 1.33 bits per heavy atom. The third kappa shape index (κ3) is 5.79. The average molecular weight is 560 g/mol. The molecule has 0 amide bonds. The lowest BCUT2D eigenvalue weighted by atomic mass is 10.0. The van der Waals surface area contributed by atoms with Crippen molar-refractivity contribution >= 4 is 51.1 Å². The van der Waals surface area contributed by atoms with E-state index in [4.69, 9.17) is 0 Å². The predicted molar refractivity (Wildman–Crippen MR) is 182 cm³/mol. The molecule has 0 bridgehead atoms. The molecule has 0 fully saturated rings. The van der Waals surface area contributed by atoms with Crippen molar-refractivity contribution in [1.29, 1.82) is 0 Å². The summed E-state index contributed by atoms with van der Waals surface area (Å²) in [5.74, 6) is -0.558. The number of rotatable bonds is 9. The van der Waals surface area contributed by atoms with E-state index in [-0.39, 0.29) is 17.1 Å². The first kappa shape index (κ1) is 29.0. The molecule has 43 heavy (non-hydrogen) atoms. The molecule has 0 saturated carbocycles. The highest BCUT2D eigenvalue weighted by Crippen LogP contribution is 2.37. The van der Waals surface area contributed by atoms with E-state index >= 15 is 0 Å². The number of Topliss-reactive ketones (excluding diaryl/α,β-unsaturated/α-hetero) is 2. The van der Waals surface area contributed by atoms with Gasteiger partial charge in [-0.25, -0.2) is 0 Å². The highest BCUT2D eigenvalue weighted by Gasteiger charge is 2.32. The number of allylic oxidation sites excluding steroid dienone is 10. The van der Waals surface area contributed by atoms with E-state index in [1.165, 1.54) is 11.6 Å². The van der Waals surface area contributed by atoms with E-state index in [9.17, 15) is 9.59 Å². The molecule has 0 saturated heterocycles. The fourth-order valence-corrected chi connectivity index (χ4v) is 5.30. The van der Waals surface area contributed by atoms with Crippen LogP contribution in [0.1, 0.15) is 23.6 Å². The van der Waals surface area contributed by atoms with Crippen molar-refractivity contribution in [1.82, 2.24) is 0 Å². The van der Waals surface area contributed by atoms with Gasteiger partial charge in [0.1, 0.15) is 0 Å². The van der Waals surface area contributed by atoms with Crippen molar-refractivity contribution in [2.45, 2.75) is 13.8 Å². The largest absolute Gasteiger partial charge is 0.310 e. The Bertz CT molecular complexity index is 1890. The summed E-state index contributed by atoms with van der Waals surface area (Å²) < 4.78 is 0. The molecule has 0 aromatic heterocycles. The Kier molecular flexibility index (Phi) is 8.45. The summed E-state index contributed by atoms with van der Waals surface area (Å²) in [6.07, 6.45) is 12.1. The van der Waals surface area contributed by atoms with Crippen molar-refractivity contribution in [3.63, 3.8) is 0 Å². The Hall–Kier alpha value is -5.54. The molecule has 0 aliphatic heterocycles.